The van der Waals surface area contributed by atoms with Gasteiger partial charge in [-0.3, -0.25) is 14.4 Å². The molecule has 0 radical (unpaired) electrons. The molecule has 1 heterocycles. The minimum atomic E-state index is -1.12. The van der Waals surface area contributed by atoms with Gasteiger partial charge in [0.25, 0.3) is 5.78 Å². The molecule has 0 unspecified atom stereocenters. The number of esters is 2. The Bertz CT molecular complexity index is 499. The van der Waals surface area contributed by atoms with E-state index in [0.29, 0.717) is 6.42 Å². The van der Waals surface area contributed by atoms with Crippen molar-refractivity contribution in [3.05, 3.63) is 0 Å². The van der Waals surface area contributed by atoms with Crippen LogP contribution in [0.25, 0.3) is 0 Å². The third-order valence-corrected chi connectivity index (χ3v) is 5.08. The van der Waals surface area contributed by atoms with E-state index in [9.17, 15) is 19.2 Å². The Labute approximate surface area is 168 Å². The van der Waals surface area contributed by atoms with Crippen molar-refractivity contribution < 1.29 is 28.7 Å². The first-order chi connectivity index (χ1) is 13.6. The van der Waals surface area contributed by atoms with E-state index in [1.807, 2.05) is 0 Å². The lowest BCUT2D eigenvalue weighted by Crippen LogP contribution is -2.22. The van der Waals surface area contributed by atoms with E-state index in [0.717, 1.165) is 19.3 Å². The van der Waals surface area contributed by atoms with E-state index < -0.39 is 23.6 Å². The highest BCUT2D eigenvalue weighted by Crippen LogP contribution is 2.14. The van der Waals surface area contributed by atoms with E-state index in [4.69, 9.17) is 4.74 Å². The fourth-order valence-electron chi connectivity index (χ4n) is 3.31. The van der Waals surface area contributed by atoms with Gasteiger partial charge in [0.15, 0.2) is 6.10 Å². The summed E-state index contributed by atoms with van der Waals surface area (Å²) in [4.78, 5) is 45.0. The normalized spacial score (nSPS) is 16.5. The number of carbonyl (C=O) groups excluding carboxylic acids is 4. The number of unbranched alkanes of at least 4 members (excludes halogenated alkanes) is 12. The quantitative estimate of drug-likeness (QED) is 0.205. The molecule has 28 heavy (non-hydrogen) atoms. The van der Waals surface area contributed by atoms with Crippen LogP contribution in [0.2, 0.25) is 0 Å². The van der Waals surface area contributed by atoms with Gasteiger partial charge in [0.2, 0.25) is 0 Å². The molecular weight excluding hydrogens is 360 g/mol. The second-order valence-electron chi connectivity index (χ2n) is 7.59. The van der Waals surface area contributed by atoms with Crippen LogP contribution in [-0.2, 0) is 28.7 Å². The van der Waals surface area contributed by atoms with E-state index in [1.54, 1.807) is 0 Å². The Hall–Kier alpha value is -1.72. The topological polar surface area (TPSA) is 86.7 Å². The van der Waals surface area contributed by atoms with E-state index >= 15 is 0 Å². The lowest BCUT2D eigenvalue weighted by atomic mass is 10.0. The molecule has 0 aromatic carbocycles. The molecule has 6 nitrogen and oxygen atoms in total. The second kappa shape index (κ2) is 15.2. The molecule has 6 heteroatoms. The summed E-state index contributed by atoms with van der Waals surface area (Å²) >= 11 is 0. The van der Waals surface area contributed by atoms with Crippen molar-refractivity contribution in [3.8, 4) is 0 Å². The largest absolute Gasteiger partial charge is 0.466 e. The van der Waals surface area contributed by atoms with Crippen molar-refractivity contribution in [1.29, 1.82) is 0 Å². The highest BCUT2D eigenvalue weighted by molar-refractivity contribution is 6.65. The lowest BCUT2D eigenvalue weighted by molar-refractivity contribution is -0.150. The van der Waals surface area contributed by atoms with Crippen molar-refractivity contribution >= 4 is 23.5 Å². The average Bonchev–Trinajstić information content (AvgIpc) is 2.92. The number of ether oxygens (including phenoxy) is 2. The highest BCUT2D eigenvalue weighted by atomic mass is 16.6. The minimum Gasteiger partial charge on any atom is -0.466 e. The van der Waals surface area contributed by atoms with Crippen LogP contribution in [0.5, 0.6) is 0 Å². The standard InChI is InChI=1S/C22H36O6/c1-2-3-4-5-6-7-8-9-10-11-12-13-14-15-19(23)27-17-16-18-20(24)21(25)22(26)28-18/h18H,2-17H2,1H3/t18-/m1/s1. The highest BCUT2D eigenvalue weighted by Gasteiger charge is 2.41. The molecule has 0 bridgehead atoms. The number of carbonyl (C=O) groups is 4. The first kappa shape index (κ1) is 24.3. The van der Waals surface area contributed by atoms with Crippen LogP contribution >= 0.6 is 0 Å². The maximum Gasteiger partial charge on any atom is 0.383 e. The molecule has 0 saturated carbocycles. The summed E-state index contributed by atoms with van der Waals surface area (Å²) in [7, 11) is 0. The number of ketones is 2. The third-order valence-electron chi connectivity index (χ3n) is 5.08. The van der Waals surface area contributed by atoms with Gasteiger partial charge >= 0.3 is 17.7 Å². The van der Waals surface area contributed by atoms with Crippen molar-refractivity contribution in [2.24, 2.45) is 0 Å². The maximum absolute atomic E-state index is 11.6. The van der Waals surface area contributed by atoms with Gasteiger partial charge in [-0.25, -0.2) is 4.79 Å². The van der Waals surface area contributed by atoms with Crippen molar-refractivity contribution in [3.63, 3.8) is 0 Å². The number of Topliss-reactive ketones (excluding diaryl/α,β-unsaturated/α-hetero) is 2. The summed E-state index contributed by atoms with van der Waals surface area (Å²) < 4.78 is 9.66. The smallest absolute Gasteiger partial charge is 0.383 e. The molecule has 0 N–H and O–H groups in total. The minimum absolute atomic E-state index is 0.0196. The summed E-state index contributed by atoms with van der Waals surface area (Å²) in [5, 5.41) is 0. The van der Waals surface area contributed by atoms with E-state index in [1.165, 1.54) is 64.2 Å². The molecule has 0 aromatic heterocycles. The van der Waals surface area contributed by atoms with Crippen LogP contribution in [0.15, 0.2) is 0 Å². The summed E-state index contributed by atoms with van der Waals surface area (Å²) in [6, 6.07) is 0. The van der Waals surface area contributed by atoms with Crippen LogP contribution in [-0.4, -0.2) is 36.2 Å². The Kier molecular flexibility index (Phi) is 13.2. The molecular formula is C22H36O6. The van der Waals surface area contributed by atoms with Gasteiger partial charge in [0.05, 0.1) is 6.61 Å². The van der Waals surface area contributed by atoms with Crippen molar-refractivity contribution in [2.75, 3.05) is 6.61 Å². The molecule has 1 rings (SSSR count). The fraction of sp³-hybridized carbons (Fsp3) is 0.818. The lowest BCUT2D eigenvalue weighted by Gasteiger charge is -2.08. The van der Waals surface area contributed by atoms with Gasteiger partial charge in [-0.2, -0.15) is 0 Å². The summed E-state index contributed by atoms with van der Waals surface area (Å²) in [6.07, 6.45) is 15.5. The first-order valence-electron chi connectivity index (χ1n) is 11.0. The van der Waals surface area contributed by atoms with Gasteiger partial charge in [-0.05, 0) is 6.42 Å². The maximum atomic E-state index is 11.6. The Morgan fingerprint density at radius 3 is 1.79 bits per heavy atom. The van der Waals surface area contributed by atoms with E-state index in [-0.39, 0.29) is 19.0 Å². The summed E-state index contributed by atoms with van der Waals surface area (Å²) in [5.74, 6) is -3.40. The molecule has 1 aliphatic heterocycles. The van der Waals surface area contributed by atoms with Gasteiger partial charge in [0, 0.05) is 12.8 Å². The molecule has 1 aliphatic rings. The fourth-order valence-corrected chi connectivity index (χ4v) is 3.31. The van der Waals surface area contributed by atoms with Gasteiger partial charge in [-0.15, -0.1) is 0 Å². The first-order valence-corrected chi connectivity index (χ1v) is 11.0. The zero-order valence-electron chi connectivity index (χ0n) is 17.3. The third kappa shape index (κ3) is 10.6. The van der Waals surface area contributed by atoms with Crippen LogP contribution in [0.4, 0.5) is 0 Å². The van der Waals surface area contributed by atoms with Crippen molar-refractivity contribution in [1.82, 2.24) is 0 Å². The predicted octanol–water partition coefficient (Wildman–Crippen LogP) is 4.46. The number of cyclic esters (lactones) is 1. The Balaban J connectivity index is 1.85. The van der Waals surface area contributed by atoms with Crippen LogP contribution < -0.4 is 0 Å². The summed E-state index contributed by atoms with van der Waals surface area (Å²) in [5.41, 5.74) is 0. The Morgan fingerprint density at radius 1 is 0.821 bits per heavy atom. The zero-order valence-corrected chi connectivity index (χ0v) is 17.3. The van der Waals surface area contributed by atoms with Crippen LogP contribution in [0.3, 0.4) is 0 Å². The molecule has 1 fully saturated rings. The van der Waals surface area contributed by atoms with Crippen LogP contribution in [0, 0.1) is 0 Å². The monoisotopic (exact) mass is 396 g/mol. The molecule has 160 valence electrons. The van der Waals surface area contributed by atoms with Crippen molar-refractivity contribution in [2.45, 2.75) is 109 Å². The molecule has 1 saturated heterocycles. The number of hydrogen-bond donors (Lipinski definition) is 0. The SMILES string of the molecule is CCCCCCCCCCCCCCCC(=O)OCC[C@H]1OC(=O)C(=O)C1=O. The van der Waals surface area contributed by atoms with Gasteiger partial charge in [0.1, 0.15) is 0 Å². The van der Waals surface area contributed by atoms with Crippen LogP contribution in [0.1, 0.15) is 103 Å². The molecule has 0 amide bonds. The number of rotatable bonds is 17. The molecule has 0 spiro atoms. The summed E-state index contributed by atoms with van der Waals surface area (Å²) in [6.45, 7) is 2.22. The average molecular weight is 397 g/mol. The number of hydrogen-bond acceptors (Lipinski definition) is 6. The van der Waals surface area contributed by atoms with Gasteiger partial charge in [-0.1, -0.05) is 84.0 Å². The second-order valence-corrected chi connectivity index (χ2v) is 7.59. The Morgan fingerprint density at radius 2 is 1.32 bits per heavy atom. The predicted molar refractivity (Wildman–Crippen MR) is 106 cm³/mol. The van der Waals surface area contributed by atoms with Gasteiger partial charge < -0.3 is 9.47 Å². The zero-order chi connectivity index (χ0) is 20.6. The molecule has 0 aromatic rings. The molecule has 1 atom stereocenters. The molecule has 0 aliphatic carbocycles. The van der Waals surface area contributed by atoms with E-state index in [2.05, 4.69) is 11.7 Å².